The minimum atomic E-state index is -0.343. The van der Waals surface area contributed by atoms with Crippen molar-refractivity contribution in [2.24, 2.45) is 0 Å². The molecule has 1 aromatic carbocycles. The van der Waals surface area contributed by atoms with E-state index >= 15 is 0 Å². The van der Waals surface area contributed by atoms with Gasteiger partial charge in [-0.3, -0.25) is 4.90 Å². The van der Waals surface area contributed by atoms with Crippen LogP contribution in [0.25, 0.3) is 0 Å². The largest absolute Gasteiger partial charge is 0.322 e. The van der Waals surface area contributed by atoms with Gasteiger partial charge in [0.15, 0.2) is 0 Å². The number of piperazine rings is 1. The first kappa shape index (κ1) is 14.8. The van der Waals surface area contributed by atoms with Crippen LogP contribution in [0.5, 0.6) is 0 Å². The molecule has 2 rings (SSSR count). The number of nitrogens with one attached hydrogen (secondary N) is 1. The van der Waals surface area contributed by atoms with Crippen LogP contribution in [-0.2, 0) is 0 Å². The topological polar surface area (TPSA) is 35.6 Å². The van der Waals surface area contributed by atoms with Gasteiger partial charge in [0.1, 0.15) is 5.82 Å². The quantitative estimate of drug-likeness (QED) is 0.923. The lowest BCUT2D eigenvalue weighted by atomic mass is 10.2. The van der Waals surface area contributed by atoms with E-state index in [9.17, 15) is 9.18 Å². The predicted octanol–water partition coefficient (Wildman–Crippen LogP) is 2.77. The molecule has 0 aliphatic carbocycles. The first-order chi connectivity index (χ1) is 9.60. The van der Waals surface area contributed by atoms with E-state index < -0.39 is 0 Å². The lowest BCUT2D eigenvalue weighted by Crippen LogP contribution is -2.52. The molecule has 5 heteroatoms. The van der Waals surface area contributed by atoms with Gasteiger partial charge in [0.05, 0.1) is 0 Å². The molecule has 1 aromatic rings. The zero-order chi connectivity index (χ0) is 14.5. The second-order valence-corrected chi connectivity index (χ2v) is 5.22. The number of rotatable bonds is 3. The smallest absolute Gasteiger partial charge is 0.321 e. The number of hydrogen-bond donors (Lipinski definition) is 1. The van der Waals surface area contributed by atoms with Crippen molar-refractivity contribution in [1.82, 2.24) is 9.80 Å². The third-order valence-corrected chi connectivity index (χ3v) is 3.89. The number of urea groups is 1. The summed E-state index contributed by atoms with van der Waals surface area (Å²) >= 11 is 0. The van der Waals surface area contributed by atoms with E-state index in [1.807, 2.05) is 0 Å². The molecule has 1 aliphatic rings. The zero-order valence-electron chi connectivity index (χ0n) is 12.1. The SMILES string of the molecule is CCC(C)N1CCN(C(=O)Nc2cccc(F)c2)CC1. The van der Waals surface area contributed by atoms with E-state index in [1.54, 1.807) is 17.0 Å². The molecule has 1 aliphatic heterocycles. The normalized spacial score (nSPS) is 17.9. The van der Waals surface area contributed by atoms with Crippen LogP contribution in [0.1, 0.15) is 20.3 Å². The number of carbonyl (C=O) groups is 1. The summed E-state index contributed by atoms with van der Waals surface area (Å²) in [5.74, 6) is -0.343. The maximum atomic E-state index is 13.1. The van der Waals surface area contributed by atoms with Crippen LogP contribution in [-0.4, -0.2) is 48.1 Å². The van der Waals surface area contributed by atoms with E-state index in [0.717, 1.165) is 19.5 Å². The Hall–Kier alpha value is -1.62. The average Bonchev–Trinajstić information content (AvgIpc) is 2.46. The Labute approximate surface area is 119 Å². The molecule has 0 spiro atoms. The fourth-order valence-corrected chi connectivity index (χ4v) is 2.39. The highest BCUT2D eigenvalue weighted by Gasteiger charge is 2.23. The Morgan fingerprint density at radius 1 is 1.35 bits per heavy atom. The van der Waals surface area contributed by atoms with Crippen molar-refractivity contribution >= 4 is 11.7 Å². The molecule has 0 bridgehead atoms. The van der Waals surface area contributed by atoms with Crippen LogP contribution in [0.2, 0.25) is 0 Å². The van der Waals surface area contributed by atoms with Crippen molar-refractivity contribution in [2.75, 3.05) is 31.5 Å². The molecular formula is C15H22FN3O. The lowest BCUT2D eigenvalue weighted by molar-refractivity contribution is 0.117. The molecule has 110 valence electrons. The summed E-state index contributed by atoms with van der Waals surface area (Å²) in [6, 6.07) is 6.37. The van der Waals surface area contributed by atoms with Crippen molar-refractivity contribution in [3.05, 3.63) is 30.1 Å². The van der Waals surface area contributed by atoms with Crippen molar-refractivity contribution in [1.29, 1.82) is 0 Å². The summed E-state index contributed by atoms with van der Waals surface area (Å²) in [5.41, 5.74) is 0.499. The first-order valence-corrected chi connectivity index (χ1v) is 7.15. The predicted molar refractivity (Wildman–Crippen MR) is 78.3 cm³/mol. The Balaban J connectivity index is 1.86. The van der Waals surface area contributed by atoms with E-state index in [0.29, 0.717) is 24.8 Å². The molecule has 1 saturated heterocycles. The highest BCUT2D eigenvalue weighted by Crippen LogP contribution is 2.12. The number of carbonyl (C=O) groups excluding carboxylic acids is 1. The van der Waals surface area contributed by atoms with Crippen molar-refractivity contribution in [3.8, 4) is 0 Å². The molecule has 20 heavy (non-hydrogen) atoms. The third-order valence-electron chi connectivity index (χ3n) is 3.89. The Morgan fingerprint density at radius 3 is 2.65 bits per heavy atom. The summed E-state index contributed by atoms with van der Waals surface area (Å²) < 4.78 is 13.1. The molecule has 4 nitrogen and oxygen atoms in total. The number of amides is 2. The zero-order valence-corrected chi connectivity index (χ0v) is 12.1. The van der Waals surface area contributed by atoms with E-state index in [4.69, 9.17) is 0 Å². The van der Waals surface area contributed by atoms with Crippen LogP contribution >= 0.6 is 0 Å². The molecule has 1 unspecified atom stereocenters. The summed E-state index contributed by atoms with van der Waals surface area (Å²) in [6.07, 6.45) is 1.12. The highest BCUT2D eigenvalue weighted by atomic mass is 19.1. The van der Waals surface area contributed by atoms with Gasteiger partial charge >= 0.3 is 6.03 Å². The second-order valence-electron chi connectivity index (χ2n) is 5.22. The molecule has 1 heterocycles. The van der Waals surface area contributed by atoms with E-state index in [-0.39, 0.29) is 11.8 Å². The van der Waals surface area contributed by atoms with Crippen molar-refractivity contribution in [2.45, 2.75) is 26.3 Å². The summed E-state index contributed by atoms with van der Waals surface area (Å²) in [5, 5.41) is 2.74. The fourth-order valence-electron chi connectivity index (χ4n) is 2.39. The van der Waals surface area contributed by atoms with Crippen LogP contribution in [0.15, 0.2) is 24.3 Å². The molecule has 1 atom stereocenters. The maximum absolute atomic E-state index is 13.1. The van der Waals surface area contributed by atoms with Crippen LogP contribution in [0.4, 0.5) is 14.9 Å². The number of nitrogens with zero attached hydrogens (tertiary/aromatic N) is 2. The molecule has 1 fully saturated rings. The average molecular weight is 279 g/mol. The molecule has 2 amide bonds. The van der Waals surface area contributed by atoms with Gasteiger partial charge in [-0.15, -0.1) is 0 Å². The standard InChI is InChI=1S/C15H22FN3O/c1-3-12(2)18-7-9-19(10-8-18)15(20)17-14-6-4-5-13(16)11-14/h4-6,11-12H,3,7-10H2,1-2H3,(H,17,20). The van der Waals surface area contributed by atoms with Gasteiger partial charge in [-0.25, -0.2) is 9.18 Å². The molecule has 0 aromatic heterocycles. The monoisotopic (exact) mass is 279 g/mol. The Kier molecular flexibility index (Phi) is 4.95. The fraction of sp³-hybridized carbons (Fsp3) is 0.533. The number of halogens is 1. The number of anilines is 1. The summed E-state index contributed by atoms with van der Waals surface area (Å²) in [6.45, 7) is 7.60. The minimum absolute atomic E-state index is 0.153. The van der Waals surface area contributed by atoms with Crippen molar-refractivity contribution < 1.29 is 9.18 Å². The van der Waals surface area contributed by atoms with Gasteiger partial charge in [0, 0.05) is 37.9 Å². The Morgan fingerprint density at radius 2 is 2.05 bits per heavy atom. The van der Waals surface area contributed by atoms with Gasteiger partial charge in [0.2, 0.25) is 0 Å². The van der Waals surface area contributed by atoms with Gasteiger partial charge < -0.3 is 10.2 Å². The van der Waals surface area contributed by atoms with Crippen LogP contribution in [0, 0.1) is 5.82 Å². The second kappa shape index (κ2) is 6.70. The van der Waals surface area contributed by atoms with Gasteiger partial charge in [-0.2, -0.15) is 0 Å². The van der Waals surface area contributed by atoms with Gasteiger partial charge in [-0.1, -0.05) is 13.0 Å². The van der Waals surface area contributed by atoms with Crippen LogP contribution < -0.4 is 5.32 Å². The maximum Gasteiger partial charge on any atom is 0.321 e. The molecule has 0 saturated carbocycles. The van der Waals surface area contributed by atoms with E-state index in [1.165, 1.54) is 12.1 Å². The summed E-state index contributed by atoms with van der Waals surface area (Å²) in [7, 11) is 0. The summed E-state index contributed by atoms with van der Waals surface area (Å²) in [4.78, 5) is 16.3. The van der Waals surface area contributed by atoms with E-state index in [2.05, 4.69) is 24.1 Å². The minimum Gasteiger partial charge on any atom is -0.322 e. The number of hydrogen-bond acceptors (Lipinski definition) is 2. The molecule has 0 radical (unpaired) electrons. The highest BCUT2D eigenvalue weighted by molar-refractivity contribution is 5.89. The number of benzene rings is 1. The van der Waals surface area contributed by atoms with Gasteiger partial charge in [-0.05, 0) is 31.5 Å². The molecule has 1 N–H and O–H groups in total. The first-order valence-electron chi connectivity index (χ1n) is 7.15. The third kappa shape index (κ3) is 3.70. The van der Waals surface area contributed by atoms with Crippen LogP contribution in [0.3, 0.4) is 0 Å². The lowest BCUT2D eigenvalue weighted by Gasteiger charge is -2.37. The Bertz CT molecular complexity index is 458. The van der Waals surface area contributed by atoms with Gasteiger partial charge in [0.25, 0.3) is 0 Å². The van der Waals surface area contributed by atoms with Crippen molar-refractivity contribution in [3.63, 3.8) is 0 Å². The molecular weight excluding hydrogens is 257 g/mol.